The summed E-state index contributed by atoms with van der Waals surface area (Å²) in [5, 5.41) is 6.86. The van der Waals surface area contributed by atoms with Crippen LogP contribution in [0.15, 0.2) is 30.5 Å². The van der Waals surface area contributed by atoms with E-state index >= 15 is 0 Å². The lowest BCUT2D eigenvalue weighted by Crippen LogP contribution is -2.48. The third-order valence-corrected chi connectivity index (χ3v) is 10.5. The molecule has 0 bridgehead atoms. The normalized spacial score (nSPS) is 19.4. The summed E-state index contributed by atoms with van der Waals surface area (Å²) in [6.07, 6.45) is -1.65. The number of aromatic nitrogens is 2. The van der Waals surface area contributed by atoms with Crippen molar-refractivity contribution in [2.75, 3.05) is 70.3 Å². The third kappa shape index (κ3) is 5.81. The van der Waals surface area contributed by atoms with Gasteiger partial charge in [0.05, 0.1) is 37.0 Å². The van der Waals surface area contributed by atoms with Crippen LogP contribution in [0.2, 0.25) is 0 Å². The van der Waals surface area contributed by atoms with Gasteiger partial charge in [0, 0.05) is 68.7 Å². The molecule has 2 aromatic heterocycles. The molecule has 0 radical (unpaired) electrons. The van der Waals surface area contributed by atoms with E-state index in [2.05, 4.69) is 30.2 Å². The highest BCUT2D eigenvalue weighted by molar-refractivity contribution is 7.68. The topological polar surface area (TPSA) is 94.8 Å². The molecule has 1 aromatic carbocycles. The number of pyridine rings is 1. The zero-order chi connectivity index (χ0) is 28.5. The van der Waals surface area contributed by atoms with Crippen LogP contribution in [0.25, 0.3) is 11.0 Å². The monoisotopic (exact) mass is 580 g/mol. The van der Waals surface area contributed by atoms with Crippen LogP contribution in [0, 0.1) is 0 Å². The van der Waals surface area contributed by atoms with Gasteiger partial charge < -0.3 is 29.7 Å². The number of alkyl halides is 3. The Morgan fingerprint density at radius 2 is 1.88 bits per heavy atom. The van der Waals surface area contributed by atoms with Gasteiger partial charge in [-0.25, -0.2) is 9.65 Å². The molecule has 5 rings (SSSR count). The molecule has 2 aliphatic heterocycles. The molecule has 0 amide bonds. The summed E-state index contributed by atoms with van der Waals surface area (Å²) < 4.78 is 67.9. The van der Waals surface area contributed by atoms with Crippen molar-refractivity contribution in [3.8, 4) is 5.75 Å². The van der Waals surface area contributed by atoms with E-state index in [0.717, 1.165) is 58.4 Å². The van der Waals surface area contributed by atoms with Gasteiger partial charge in [-0.05, 0) is 38.0 Å². The lowest BCUT2D eigenvalue weighted by atomic mass is 10.0. The smallest absolute Gasteiger partial charge is 0.418 e. The number of hydrogen-bond donors (Lipinski definition) is 3. The fourth-order valence-electron chi connectivity index (χ4n) is 5.64. The number of halogens is 3. The molecule has 218 valence electrons. The van der Waals surface area contributed by atoms with Crippen LogP contribution in [0.3, 0.4) is 0 Å². The minimum Gasteiger partial charge on any atom is -0.495 e. The third-order valence-electron chi connectivity index (χ3n) is 7.78. The van der Waals surface area contributed by atoms with E-state index in [9.17, 15) is 17.7 Å². The quantitative estimate of drug-likeness (QED) is 0.317. The first-order valence-electron chi connectivity index (χ1n) is 13.6. The van der Waals surface area contributed by atoms with Gasteiger partial charge in [-0.15, -0.1) is 0 Å². The van der Waals surface area contributed by atoms with Crippen molar-refractivity contribution in [3.63, 3.8) is 0 Å². The van der Waals surface area contributed by atoms with Gasteiger partial charge in [-0.2, -0.15) is 13.2 Å². The Morgan fingerprint density at radius 1 is 1.15 bits per heavy atom. The highest BCUT2D eigenvalue weighted by Gasteiger charge is 2.36. The van der Waals surface area contributed by atoms with Crippen molar-refractivity contribution in [2.45, 2.75) is 32.0 Å². The molecule has 2 saturated heterocycles. The Balaban J connectivity index is 1.35. The van der Waals surface area contributed by atoms with E-state index in [1.165, 1.54) is 7.11 Å². The summed E-state index contributed by atoms with van der Waals surface area (Å²) in [5.41, 5.74) is 0.224. The van der Waals surface area contributed by atoms with Crippen molar-refractivity contribution in [1.82, 2.24) is 19.5 Å². The van der Waals surface area contributed by atoms with Crippen molar-refractivity contribution in [1.29, 1.82) is 0 Å². The number of nitrogens with zero attached hydrogens (tertiary/aromatic N) is 3. The van der Waals surface area contributed by atoms with Crippen LogP contribution in [0.1, 0.15) is 25.3 Å². The first-order chi connectivity index (χ1) is 19.1. The molecular formula is C27H36F3N6O3P. The molecule has 2 aliphatic rings. The average Bonchev–Trinajstić information content (AvgIpc) is 3.39. The minimum atomic E-state index is -4.51. The van der Waals surface area contributed by atoms with E-state index in [1.807, 2.05) is 13.0 Å². The van der Waals surface area contributed by atoms with E-state index in [1.54, 1.807) is 24.9 Å². The first-order valence-corrected chi connectivity index (χ1v) is 15.7. The maximum Gasteiger partial charge on any atom is 0.418 e. The van der Waals surface area contributed by atoms with Gasteiger partial charge in [0.1, 0.15) is 17.2 Å². The Bertz CT molecular complexity index is 1380. The Kier molecular flexibility index (Phi) is 8.33. The zero-order valence-corrected chi connectivity index (χ0v) is 23.9. The molecule has 2 fully saturated rings. The largest absolute Gasteiger partial charge is 0.495 e. The van der Waals surface area contributed by atoms with E-state index < -0.39 is 19.0 Å². The van der Waals surface area contributed by atoms with Crippen LogP contribution in [0.4, 0.5) is 30.4 Å². The van der Waals surface area contributed by atoms with Gasteiger partial charge >= 0.3 is 6.18 Å². The molecule has 3 aromatic rings. The highest BCUT2D eigenvalue weighted by Crippen LogP contribution is 2.48. The number of aromatic amines is 1. The van der Waals surface area contributed by atoms with Crippen LogP contribution < -0.4 is 20.7 Å². The van der Waals surface area contributed by atoms with Crippen molar-refractivity contribution in [2.24, 2.45) is 0 Å². The Hall–Kier alpha value is -2.79. The second-order valence-electron chi connectivity index (χ2n) is 10.2. The number of morpholine rings is 1. The van der Waals surface area contributed by atoms with Crippen LogP contribution in [-0.4, -0.2) is 85.3 Å². The summed E-state index contributed by atoms with van der Waals surface area (Å²) >= 11 is 0. The van der Waals surface area contributed by atoms with E-state index in [-0.39, 0.29) is 11.0 Å². The number of rotatable bonds is 8. The number of hydrogen-bond acceptors (Lipinski definition) is 7. The summed E-state index contributed by atoms with van der Waals surface area (Å²) in [5.74, 6) is 0.812. The molecule has 0 spiro atoms. The van der Waals surface area contributed by atoms with E-state index in [0.29, 0.717) is 40.8 Å². The average molecular weight is 581 g/mol. The number of nitrogens with one attached hydrogen (secondary N) is 3. The second-order valence-corrected chi connectivity index (χ2v) is 13.1. The SMILES string of the molecule is CCNc1cc(Nc2ccc(P(C)(=O)N3CCC(N4CCOCC4)CC3)cc2OC)nc2[nH]cc(C(F)(F)F)c12. The maximum atomic E-state index is 14.0. The number of methoxy groups -OCH3 is 1. The van der Waals surface area contributed by atoms with Crippen molar-refractivity contribution in [3.05, 3.63) is 36.0 Å². The lowest BCUT2D eigenvalue weighted by Gasteiger charge is -2.41. The van der Waals surface area contributed by atoms with Crippen LogP contribution in [0.5, 0.6) is 5.75 Å². The number of benzene rings is 1. The summed E-state index contributed by atoms with van der Waals surface area (Å²) in [4.78, 5) is 9.50. The highest BCUT2D eigenvalue weighted by atomic mass is 31.2. The van der Waals surface area contributed by atoms with Crippen molar-refractivity contribution >= 4 is 40.8 Å². The van der Waals surface area contributed by atoms with Crippen molar-refractivity contribution < 1.29 is 27.2 Å². The number of ether oxygens (including phenoxy) is 2. The molecule has 0 aliphatic carbocycles. The molecule has 9 nitrogen and oxygen atoms in total. The van der Waals surface area contributed by atoms with Crippen LogP contribution in [-0.2, 0) is 15.5 Å². The van der Waals surface area contributed by atoms with Gasteiger partial charge in [-0.1, -0.05) is 0 Å². The summed E-state index contributed by atoms with van der Waals surface area (Å²) in [6, 6.07) is 7.41. The zero-order valence-electron chi connectivity index (χ0n) is 23.0. The molecule has 3 N–H and O–H groups in total. The summed E-state index contributed by atoms with van der Waals surface area (Å²) in [7, 11) is -1.32. The molecule has 4 heterocycles. The second kappa shape index (κ2) is 11.6. The minimum absolute atomic E-state index is 0.00785. The molecule has 13 heteroatoms. The number of piperidine rings is 1. The Morgan fingerprint density at radius 3 is 2.52 bits per heavy atom. The fraction of sp³-hybridized carbons (Fsp3) is 0.519. The molecule has 1 unspecified atom stereocenters. The fourth-order valence-corrected chi connectivity index (χ4v) is 7.67. The van der Waals surface area contributed by atoms with Crippen LogP contribution >= 0.6 is 7.29 Å². The molecule has 40 heavy (non-hydrogen) atoms. The van der Waals surface area contributed by atoms with Gasteiger partial charge in [0.25, 0.3) is 0 Å². The number of fused-ring (bicyclic) bond motifs is 1. The molecular weight excluding hydrogens is 544 g/mol. The first kappa shape index (κ1) is 28.7. The van der Waals surface area contributed by atoms with Gasteiger partial charge in [0.15, 0.2) is 7.29 Å². The van der Waals surface area contributed by atoms with E-state index in [4.69, 9.17) is 9.47 Å². The van der Waals surface area contributed by atoms with Gasteiger partial charge in [-0.3, -0.25) is 4.90 Å². The molecule has 0 saturated carbocycles. The number of H-pyrrole nitrogens is 1. The number of anilines is 3. The predicted molar refractivity (Wildman–Crippen MR) is 152 cm³/mol. The lowest BCUT2D eigenvalue weighted by molar-refractivity contribution is -0.136. The Labute approximate surface area is 231 Å². The summed E-state index contributed by atoms with van der Waals surface area (Å²) in [6.45, 7) is 9.00. The maximum absolute atomic E-state index is 14.0. The standard InChI is InChI=1S/C27H36F3N6O3P/c1-4-31-22-16-24(34-26-25(22)20(17-32-26)27(28,29)30)33-21-6-5-19(15-23(21)38-2)40(3,37)36-9-7-18(8-10-36)35-11-13-39-14-12-35/h5-6,15-18H,4,7-14H2,1-3H3,(H3,31,32,33,34). The molecule has 1 atom stereocenters. The predicted octanol–water partition coefficient (Wildman–Crippen LogP) is 5.10. The van der Waals surface area contributed by atoms with Gasteiger partial charge in [0.2, 0.25) is 0 Å².